The molecule has 1 unspecified atom stereocenters. The molecule has 0 aliphatic carbocycles. The minimum absolute atomic E-state index is 0.129. The van der Waals surface area contributed by atoms with Gasteiger partial charge >= 0.3 is 0 Å². The van der Waals surface area contributed by atoms with Crippen molar-refractivity contribution in [2.24, 2.45) is 0 Å². The van der Waals surface area contributed by atoms with E-state index in [1.54, 1.807) is 7.11 Å². The first-order valence-electron chi connectivity index (χ1n) is 4.20. The summed E-state index contributed by atoms with van der Waals surface area (Å²) < 4.78 is 5.21. The summed E-state index contributed by atoms with van der Waals surface area (Å²) in [5.41, 5.74) is 2.11. The molecule has 1 rings (SSSR count). The van der Waals surface area contributed by atoms with Crippen LogP contribution in [0, 0.1) is 13.5 Å². The summed E-state index contributed by atoms with van der Waals surface area (Å²) in [5.74, 6) is 0.809. The van der Waals surface area contributed by atoms with Crippen molar-refractivity contribution in [3.8, 4) is 5.75 Å². The molecule has 0 bridgehead atoms. The summed E-state index contributed by atoms with van der Waals surface area (Å²) in [6, 6.07) is 5.70. The summed E-state index contributed by atoms with van der Waals surface area (Å²) >= 11 is 0. The highest BCUT2D eigenvalue weighted by Crippen LogP contribution is 2.30. The SMILES string of the molecule is [C-]#[N+]C(C)c1c(C)cccc1OC. The lowest BCUT2D eigenvalue weighted by Gasteiger charge is -2.09. The first-order valence-corrected chi connectivity index (χ1v) is 4.20. The zero-order valence-corrected chi connectivity index (χ0v) is 8.16. The predicted octanol–water partition coefficient (Wildman–Crippen LogP) is 2.98. The third-order valence-electron chi connectivity index (χ3n) is 2.12. The standard InChI is InChI=1S/C11H13NO/c1-8-6-5-7-10(13-4)11(8)9(2)12-3/h5-7,9H,1-2,4H3. The number of rotatable bonds is 2. The van der Waals surface area contributed by atoms with Crippen molar-refractivity contribution in [1.82, 2.24) is 0 Å². The molecule has 0 saturated heterocycles. The maximum atomic E-state index is 6.98. The molecule has 0 heterocycles. The van der Waals surface area contributed by atoms with Crippen LogP contribution in [0.1, 0.15) is 24.1 Å². The van der Waals surface area contributed by atoms with Gasteiger partial charge in [0, 0.05) is 6.92 Å². The van der Waals surface area contributed by atoms with E-state index in [0.29, 0.717) is 0 Å². The third-order valence-corrected chi connectivity index (χ3v) is 2.12. The van der Waals surface area contributed by atoms with Gasteiger partial charge in [-0.05, 0) is 18.6 Å². The second-order valence-corrected chi connectivity index (χ2v) is 3.00. The quantitative estimate of drug-likeness (QED) is 0.630. The highest BCUT2D eigenvalue weighted by molar-refractivity contribution is 5.42. The normalized spacial score (nSPS) is 11.8. The molecule has 0 radical (unpaired) electrons. The molecular formula is C11H13NO. The Hall–Kier alpha value is -1.49. The maximum Gasteiger partial charge on any atom is 0.249 e. The Morgan fingerprint density at radius 2 is 2.15 bits per heavy atom. The van der Waals surface area contributed by atoms with Crippen LogP contribution < -0.4 is 4.74 Å². The molecule has 0 aliphatic rings. The molecule has 0 amide bonds. The molecule has 0 spiro atoms. The average Bonchev–Trinajstić information content (AvgIpc) is 2.16. The van der Waals surface area contributed by atoms with E-state index in [1.807, 2.05) is 32.0 Å². The largest absolute Gasteiger partial charge is 0.496 e. The van der Waals surface area contributed by atoms with E-state index < -0.39 is 0 Å². The zero-order valence-electron chi connectivity index (χ0n) is 8.16. The van der Waals surface area contributed by atoms with E-state index in [2.05, 4.69) is 4.85 Å². The summed E-state index contributed by atoms with van der Waals surface area (Å²) in [4.78, 5) is 3.50. The van der Waals surface area contributed by atoms with Crippen LogP contribution in [0.5, 0.6) is 5.75 Å². The van der Waals surface area contributed by atoms with Crippen molar-refractivity contribution in [1.29, 1.82) is 0 Å². The first kappa shape index (κ1) is 9.60. The Bertz CT molecular complexity index is 338. The average molecular weight is 175 g/mol. The minimum atomic E-state index is -0.129. The molecule has 1 aromatic rings. The van der Waals surface area contributed by atoms with E-state index in [9.17, 15) is 0 Å². The molecule has 0 N–H and O–H groups in total. The molecule has 0 saturated carbocycles. The van der Waals surface area contributed by atoms with E-state index in [-0.39, 0.29) is 6.04 Å². The van der Waals surface area contributed by atoms with Gasteiger partial charge in [0.05, 0.1) is 12.7 Å². The number of hydrogen-bond donors (Lipinski definition) is 0. The van der Waals surface area contributed by atoms with Crippen LogP contribution in [0.2, 0.25) is 0 Å². The predicted molar refractivity (Wildman–Crippen MR) is 52.7 cm³/mol. The monoisotopic (exact) mass is 175 g/mol. The molecule has 0 aromatic heterocycles. The second-order valence-electron chi connectivity index (χ2n) is 3.00. The van der Waals surface area contributed by atoms with Crippen LogP contribution in [0.15, 0.2) is 18.2 Å². The number of aryl methyl sites for hydroxylation is 1. The molecule has 68 valence electrons. The van der Waals surface area contributed by atoms with Gasteiger partial charge in [-0.15, -0.1) is 0 Å². The van der Waals surface area contributed by atoms with E-state index in [0.717, 1.165) is 16.9 Å². The zero-order chi connectivity index (χ0) is 9.84. The lowest BCUT2D eigenvalue weighted by molar-refractivity contribution is 0.408. The van der Waals surface area contributed by atoms with Crippen LogP contribution in [-0.2, 0) is 0 Å². The van der Waals surface area contributed by atoms with Crippen molar-refractivity contribution in [2.45, 2.75) is 19.9 Å². The van der Waals surface area contributed by atoms with Gasteiger partial charge in [-0.2, -0.15) is 0 Å². The molecule has 13 heavy (non-hydrogen) atoms. The molecule has 1 atom stereocenters. The molecule has 0 aliphatic heterocycles. The summed E-state index contributed by atoms with van der Waals surface area (Å²) in [5, 5.41) is 0. The van der Waals surface area contributed by atoms with Gasteiger partial charge in [0.2, 0.25) is 6.04 Å². The Labute approximate surface area is 79.0 Å². The molecule has 0 fully saturated rings. The van der Waals surface area contributed by atoms with Crippen molar-refractivity contribution in [2.75, 3.05) is 7.11 Å². The fourth-order valence-corrected chi connectivity index (χ4v) is 1.43. The number of nitrogens with zero attached hydrogens (tertiary/aromatic N) is 1. The van der Waals surface area contributed by atoms with Gasteiger partial charge < -0.3 is 9.58 Å². The van der Waals surface area contributed by atoms with Gasteiger partial charge in [0.25, 0.3) is 0 Å². The van der Waals surface area contributed by atoms with Crippen LogP contribution in [0.3, 0.4) is 0 Å². The second kappa shape index (κ2) is 3.95. The van der Waals surface area contributed by atoms with E-state index in [1.165, 1.54) is 0 Å². The Morgan fingerprint density at radius 1 is 1.46 bits per heavy atom. The van der Waals surface area contributed by atoms with Gasteiger partial charge in [0.1, 0.15) is 5.75 Å². The first-order chi connectivity index (χ1) is 6.20. The van der Waals surface area contributed by atoms with Crippen molar-refractivity contribution in [3.63, 3.8) is 0 Å². The summed E-state index contributed by atoms with van der Waals surface area (Å²) in [7, 11) is 1.63. The number of benzene rings is 1. The van der Waals surface area contributed by atoms with Crippen LogP contribution in [0.25, 0.3) is 4.85 Å². The van der Waals surface area contributed by atoms with Gasteiger partial charge in [0.15, 0.2) is 0 Å². The number of hydrogen-bond acceptors (Lipinski definition) is 1. The fourth-order valence-electron chi connectivity index (χ4n) is 1.43. The highest BCUT2D eigenvalue weighted by atomic mass is 16.5. The van der Waals surface area contributed by atoms with Gasteiger partial charge in [-0.1, -0.05) is 12.1 Å². The van der Waals surface area contributed by atoms with Crippen molar-refractivity contribution >= 4 is 0 Å². The highest BCUT2D eigenvalue weighted by Gasteiger charge is 2.16. The summed E-state index contributed by atoms with van der Waals surface area (Å²) in [6.07, 6.45) is 0. The molecule has 2 nitrogen and oxygen atoms in total. The molecular weight excluding hydrogens is 162 g/mol. The van der Waals surface area contributed by atoms with E-state index in [4.69, 9.17) is 11.3 Å². The third kappa shape index (κ3) is 1.81. The van der Waals surface area contributed by atoms with Crippen LogP contribution in [-0.4, -0.2) is 7.11 Å². The molecule has 2 heteroatoms. The maximum absolute atomic E-state index is 6.98. The topological polar surface area (TPSA) is 13.6 Å². The Balaban J connectivity index is 3.24. The number of methoxy groups -OCH3 is 1. The summed E-state index contributed by atoms with van der Waals surface area (Å²) in [6.45, 7) is 10.9. The van der Waals surface area contributed by atoms with Crippen LogP contribution in [0.4, 0.5) is 0 Å². The fraction of sp³-hybridized carbons (Fsp3) is 0.364. The lowest BCUT2D eigenvalue weighted by Crippen LogP contribution is -1.96. The van der Waals surface area contributed by atoms with E-state index >= 15 is 0 Å². The van der Waals surface area contributed by atoms with Gasteiger partial charge in [-0.25, -0.2) is 6.57 Å². The Morgan fingerprint density at radius 3 is 2.69 bits per heavy atom. The number of ether oxygens (including phenoxy) is 1. The lowest BCUT2D eigenvalue weighted by atomic mass is 10.0. The smallest absolute Gasteiger partial charge is 0.249 e. The van der Waals surface area contributed by atoms with Gasteiger partial charge in [-0.3, -0.25) is 0 Å². The minimum Gasteiger partial charge on any atom is -0.496 e. The van der Waals surface area contributed by atoms with Crippen LogP contribution >= 0.6 is 0 Å². The van der Waals surface area contributed by atoms with Crippen molar-refractivity contribution in [3.05, 3.63) is 40.7 Å². The van der Waals surface area contributed by atoms with Crippen molar-refractivity contribution < 1.29 is 4.74 Å². The Kier molecular flexibility index (Phi) is 2.92. The molecule has 1 aromatic carbocycles.